The van der Waals surface area contributed by atoms with Crippen LogP contribution in [-0.4, -0.2) is 57.0 Å². The summed E-state index contributed by atoms with van der Waals surface area (Å²) in [7, 11) is -2.85. The molecule has 0 aromatic rings. The number of sulfone groups is 1. The van der Waals surface area contributed by atoms with Gasteiger partial charge in [-0.2, -0.15) is 0 Å². The van der Waals surface area contributed by atoms with Crippen LogP contribution in [0.15, 0.2) is 0 Å². The van der Waals surface area contributed by atoms with Gasteiger partial charge in [0.05, 0.1) is 5.75 Å². The van der Waals surface area contributed by atoms with Gasteiger partial charge in [-0.15, -0.1) is 0 Å². The van der Waals surface area contributed by atoms with E-state index in [1.165, 1.54) is 6.42 Å². The highest BCUT2D eigenvalue weighted by Gasteiger charge is 2.22. The standard InChI is InChI=1S/C14H30N2O2S/c1-4-10-19(17,18)11-9-16-8-6-7-15-14(12-16)13(3)5-2/h13-15H,4-12H2,1-3H3. The van der Waals surface area contributed by atoms with Crippen molar-refractivity contribution >= 4 is 9.84 Å². The summed E-state index contributed by atoms with van der Waals surface area (Å²) in [5.41, 5.74) is 0. The second kappa shape index (κ2) is 8.22. The van der Waals surface area contributed by atoms with Crippen LogP contribution >= 0.6 is 0 Å². The van der Waals surface area contributed by atoms with Crippen molar-refractivity contribution in [3.8, 4) is 0 Å². The van der Waals surface area contributed by atoms with Crippen LogP contribution in [0.25, 0.3) is 0 Å². The van der Waals surface area contributed by atoms with Gasteiger partial charge in [-0.05, 0) is 31.8 Å². The molecule has 0 radical (unpaired) electrons. The van der Waals surface area contributed by atoms with Crippen LogP contribution in [-0.2, 0) is 9.84 Å². The Kier molecular flexibility index (Phi) is 7.32. The third kappa shape index (κ3) is 6.23. The van der Waals surface area contributed by atoms with E-state index in [9.17, 15) is 8.42 Å². The Balaban J connectivity index is 2.48. The number of hydrogen-bond donors (Lipinski definition) is 1. The minimum absolute atomic E-state index is 0.314. The monoisotopic (exact) mass is 290 g/mol. The predicted octanol–water partition coefficient (Wildman–Crippen LogP) is 1.52. The lowest BCUT2D eigenvalue weighted by molar-refractivity contribution is 0.249. The van der Waals surface area contributed by atoms with E-state index in [-0.39, 0.29) is 0 Å². The molecule has 1 N–H and O–H groups in total. The first kappa shape index (κ1) is 16.9. The van der Waals surface area contributed by atoms with Gasteiger partial charge in [0.1, 0.15) is 0 Å². The molecule has 0 aromatic carbocycles. The summed E-state index contributed by atoms with van der Waals surface area (Å²) in [4.78, 5) is 2.32. The van der Waals surface area contributed by atoms with Gasteiger partial charge in [0.15, 0.2) is 9.84 Å². The molecule has 1 fully saturated rings. The van der Waals surface area contributed by atoms with Crippen molar-refractivity contribution in [2.45, 2.75) is 46.1 Å². The molecule has 1 heterocycles. The summed E-state index contributed by atoms with van der Waals surface area (Å²) in [6, 6.07) is 0.501. The largest absolute Gasteiger partial charge is 0.312 e. The summed E-state index contributed by atoms with van der Waals surface area (Å²) >= 11 is 0. The lowest BCUT2D eigenvalue weighted by Crippen LogP contribution is -2.43. The summed E-state index contributed by atoms with van der Waals surface area (Å²) < 4.78 is 23.6. The fourth-order valence-corrected chi connectivity index (χ4v) is 3.94. The highest BCUT2D eigenvalue weighted by Crippen LogP contribution is 2.12. The highest BCUT2D eigenvalue weighted by molar-refractivity contribution is 7.91. The molecule has 19 heavy (non-hydrogen) atoms. The van der Waals surface area contributed by atoms with Gasteiger partial charge in [-0.1, -0.05) is 27.2 Å². The van der Waals surface area contributed by atoms with Crippen LogP contribution in [0.4, 0.5) is 0 Å². The van der Waals surface area contributed by atoms with Crippen LogP contribution < -0.4 is 5.32 Å². The van der Waals surface area contributed by atoms with Crippen molar-refractivity contribution in [2.24, 2.45) is 5.92 Å². The molecule has 2 unspecified atom stereocenters. The van der Waals surface area contributed by atoms with Gasteiger partial charge < -0.3 is 10.2 Å². The van der Waals surface area contributed by atoms with Crippen molar-refractivity contribution in [3.63, 3.8) is 0 Å². The van der Waals surface area contributed by atoms with Crippen molar-refractivity contribution in [3.05, 3.63) is 0 Å². The van der Waals surface area contributed by atoms with E-state index in [2.05, 4.69) is 24.1 Å². The lowest BCUT2D eigenvalue weighted by atomic mass is 9.99. The Hall–Kier alpha value is -0.130. The van der Waals surface area contributed by atoms with Gasteiger partial charge in [-0.25, -0.2) is 8.42 Å². The third-order valence-electron chi connectivity index (χ3n) is 4.08. The molecule has 0 spiro atoms. The number of nitrogens with one attached hydrogen (secondary N) is 1. The first-order chi connectivity index (χ1) is 8.98. The van der Waals surface area contributed by atoms with Crippen LogP contribution in [0.5, 0.6) is 0 Å². The second-order valence-corrected chi connectivity index (χ2v) is 8.06. The maximum absolute atomic E-state index is 11.8. The minimum Gasteiger partial charge on any atom is -0.312 e. The van der Waals surface area contributed by atoms with Crippen LogP contribution in [0.3, 0.4) is 0 Å². The van der Waals surface area contributed by atoms with Gasteiger partial charge in [0.2, 0.25) is 0 Å². The third-order valence-corrected chi connectivity index (χ3v) is 5.91. The van der Waals surface area contributed by atoms with Gasteiger partial charge in [0.25, 0.3) is 0 Å². The van der Waals surface area contributed by atoms with Gasteiger partial charge >= 0.3 is 0 Å². The Labute approximate surface area is 118 Å². The second-order valence-electron chi connectivity index (χ2n) is 5.75. The molecule has 0 amide bonds. The Bertz CT molecular complexity index is 343. The SMILES string of the molecule is CCCS(=O)(=O)CCN1CCCNC(C(C)CC)C1. The molecule has 5 heteroatoms. The summed E-state index contributed by atoms with van der Waals surface area (Å²) in [5.74, 6) is 1.29. The molecule has 2 atom stereocenters. The molecule has 0 aromatic heterocycles. The molecule has 4 nitrogen and oxygen atoms in total. The summed E-state index contributed by atoms with van der Waals surface area (Å²) in [6.07, 6.45) is 3.00. The maximum atomic E-state index is 11.8. The summed E-state index contributed by atoms with van der Waals surface area (Å²) in [6.45, 7) is 10.1. The highest BCUT2D eigenvalue weighted by atomic mass is 32.2. The van der Waals surface area contributed by atoms with E-state index in [1.54, 1.807) is 0 Å². The molecule has 114 valence electrons. The first-order valence-electron chi connectivity index (χ1n) is 7.64. The molecule has 1 saturated heterocycles. The quantitative estimate of drug-likeness (QED) is 0.772. The lowest BCUT2D eigenvalue weighted by Gasteiger charge is -2.27. The average Bonchev–Trinajstić information content (AvgIpc) is 2.61. The smallest absolute Gasteiger partial charge is 0.151 e. The summed E-state index contributed by atoms with van der Waals surface area (Å²) in [5, 5.41) is 3.59. The van der Waals surface area contributed by atoms with Gasteiger partial charge in [-0.3, -0.25) is 0 Å². The average molecular weight is 290 g/mol. The number of hydrogen-bond acceptors (Lipinski definition) is 4. The Morgan fingerprint density at radius 3 is 2.68 bits per heavy atom. The zero-order chi connectivity index (χ0) is 14.3. The fraction of sp³-hybridized carbons (Fsp3) is 1.00. The fourth-order valence-electron chi connectivity index (χ4n) is 2.57. The van der Waals surface area contributed by atoms with E-state index in [0.717, 1.165) is 32.5 Å². The number of rotatable bonds is 7. The van der Waals surface area contributed by atoms with E-state index in [4.69, 9.17) is 0 Å². The Morgan fingerprint density at radius 1 is 1.32 bits per heavy atom. The van der Waals surface area contributed by atoms with Crippen LogP contribution in [0, 0.1) is 5.92 Å². The van der Waals surface area contributed by atoms with E-state index >= 15 is 0 Å². The topological polar surface area (TPSA) is 49.4 Å². The Morgan fingerprint density at radius 2 is 2.05 bits per heavy atom. The van der Waals surface area contributed by atoms with Gasteiger partial charge in [0, 0.05) is 24.9 Å². The van der Waals surface area contributed by atoms with Crippen LogP contribution in [0.1, 0.15) is 40.0 Å². The normalized spacial score (nSPS) is 24.1. The molecule has 0 saturated carbocycles. The molecule has 1 aliphatic rings. The molecular weight excluding hydrogens is 260 g/mol. The molecular formula is C14H30N2O2S. The molecule has 1 rings (SSSR count). The van der Waals surface area contributed by atoms with E-state index in [0.29, 0.717) is 30.0 Å². The first-order valence-corrected chi connectivity index (χ1v) is 9.46. The molecule has 0 aliphatic carbocycles. The van der Waals surface area contributed by atoms with Crippen LogP contribution in [0.2, 0.25) is 0 Å². The molecule has 1 aliphatic heterocycles. The zero-order valence-electron chi connectivity index (χ0n) is 12.7. The van der Waals surface area contributed by atoms with Crippen molar-refractivity contribution < 1.29 is 8.42 Å². The number of nitrogens with zero attached hydrogens (tertiary/aromatic N) is 1. The van der Waals surface area contributed by atoms with E-state index in [1.807, 2.05) is 6.92 Å². The maximum Gasteiger partial charge on any atom is 0.151 e. The van der Waals surface area contributed by atoms with E-state index < -0.39 is 9.84 Å². The zero-order valence-corrected chi connectivity index (χ0v) is 13.5. The minimum atomic E-state index is -2.85. The molecule has 0 bridgehead atoms. The van der Waals surface area contributed by atoms with Crippen molar-refractivity contribution in [1.82, 2.24) is 10.2 Å². The van der Waals surface area contributed by atoms with Crippen molar-refractivity contribution in [1.29, 1.82) is 0 Å². The predicted molar refractivity (Wildman–Crippen MR) is 81.2 cm³/mol. The van der Waals surface area contributed by atoms with Crippen molar-refractivity contribution in [2.75, 3.05) is 37.7 Å².